The molecule has 2 rings (SSSR count). The van der Waals surface area contributed by atoms with Crippen LogP contribution in [0.15, 0.2) is 28.7 Å². The number of carbonyl (C=O) groups excluding carboxylic acids is 3. The summed E-state index contributed by atoms with van der Waals surface area (Å²) in [6.07, 6.45) is 5.45. The minimum absolute atomic E-state index is 0.174. The van der Waals surface area contributed by atoms with Gasteiger partial charge in [-0.2, -0.15) is 0 Å². The van der Waals surface area contributed by atoms with E-state index < -0.39 is 5.97 Å². The summed E-state index contributed by atoms with van der Waals surface area (Å²) >= 11 is 3.28. The van der Waals surface area contributed by atoms with E-state index in [0.29, 0.717) is 10.0 Å². The first-order chi connectivity index (χ1) is 12.1. The van der Waals surface area contributed by atoms with Crippen molar-refractivity contribution in [1.82, 2.24) is 10.2 Å². The van der Waals surface area contributed by atoms with Crippen molar-refractivity contribution in [3.63, 3.8) is 0 Å². The molecular formula is C18H23BrN2O4. The third kappa shape index (κ3) is 6.49. The van der Waals surface area contributed by atoms with Gasteiger partial charge in [-0.05, 0) is 40.9 Å². The van der Waals surface area contributed by atoms with Gasteiger partial charge < -0.3 is 15.0 Å². The van der Waals surface area contributed by atoms with E-state index in [1.54, 1.807) is 29.2 Å². The zero-order valence-corrected chi connectivity index (χ0v) is 15.7. The van der Waals surface area contributed by atoms with Crippen LogP contribution in [0.5, 0.6) is 0 Å². The molecule has 1 saturated heterocycles. The van der Waals surface area contributed by atoms with E-state index in [2.05, 4.69) is 21.2 Å². The maximum absolute atomic E-state index is 12.1. The molecule has 1 heterocycles. The summed E-state index contributed by atoms with van der Waals surface area (Å²) in [6.45, 7) is 0.890. The molecule has 7 heteroatoms. The highest BCUT2D eigenvalue weighted by atomic mass is 79.9. The molecule has 0 unspecified atom stereocenters. The van der Waals surface area contributed by atoms with Crippen molar-refractivity contribution in [3.05, 3.63) is 34.3 Å². The smallest absolute Gasteiger partial charge is 0.325 e. The molecule has 0 bridgehead atoms. The fourth-order valence-electron chi connectivity index (χ4n) is 2.67. The lowest BCUT2D eigenvalue weighted by Gasteiger charge is -2.24. The lowest BCUT2D eigenvalue weighted by atomic mass is 10.1. The summed E-state index contributed by atoms with van der Waals surface area (Å²) < 4.78 is 5.64. The Labute approximate surface area is 156 Å². The van der Waals surface area contributed by atoms with Crippen LogP contribution in [0.4, 0.5) is 0 Å². The number of benzene rings is 1. The van der Waals surface area contributed by atoms with Gasteiger partial charge in [-0.1, -0.05) is 31.4 Å². The molecule has 1 aromatic carbocycles. The lowest BCUT2D eigenvalue weighted by molar-refractivity contribution is -0.151. The minimum atomic E-state index is -0.624. The molecule has 2 amide bonds. The fourth-order valence-corrected chi connectivity index (χ4v) is 3.14. The van der Waals surface area contributed by atoms with E-state index in [0.717, 1.165) is 38.8 Å². The van der Waals surface area contributed by atoms with Gasteiger partial charge in [-0.25, -0.2) is 0 Å². The Morgan fingerprint density at radius 1 is 1.04 bits per heavy atom. The quantitative estimate of drug-likeness (QED) is 0.756. The van der Waals surface area contributed by atoms with Crippen LogP contribution in [-0.4, -0.2) is 48.9 Å². The van der Waals surface area contributed by atoms with Crippen LogP contribution < -0.4 is 5.32 Å². The Morgan fingerprint density at radius 3 is 2.36 bits per heavy atom. The van der Waals surface area contributed by atoms with Crippen molar-refractivity contribution in [2.24, 2.45) is 0 Å². The number of ether oxygens (including phenoxy) is 1. The fraction of sp³-hybridized carbons (Fsp3) is 0.500. The molecular weight excluding hydrogens is 388 g/mol. The molecule has 1 N–H and O–H groups in total. The van der Waals surface area contributed by atoms with Crippen LogP contribution in [0.1, 0.15) is 42.5 Å². The molecule has 0 aromatic heterocycles. The summed E-state index contributed by atoms with van der Waals surface area (Å²) in [7, 11) is 0. The van der Waals surface area contributed by atoms with Crippen LogP contribution >= 0.6 is 15.9 Å². The molecule has 6 nitrogen and oxygen atoms in total. The van der Waals surface area contributed by atoms with E-state index in [1.807, 2.05) is 0 Å². The molecule has 136 valence electrons. The highest BCUT2D eigenvalue weighted by Gasteiger charge is 2.17. The average Bonchev–Trinajstić information content (AvgIpc) is 2.57. The van der Waals surface area contributed by atoms with Crippen LogP contribution in [0.25, 0.3) is 0 Å². The molecule has 1 aliphatic heterocycles. The van der Waals surface area contributed by atoms with Gasteiger partial charge in [-0.15, -0.1) is 0 Å². The van der Waals surface area contributed by atoms with E-state index in [9.17, 15) is 14.4 Å². The van der Waals surface area contributed by atoms with Gasteiger partial charge in [0.1, 0.15) is 6.54 Å². The number of likely N-dealkylation sites (tertiary alicyclic amines) is 1. The second kappa shape index (κ2) is 10.2. The molecule has 0 spiro atoms. The van der Waals surface area contributed by atoms with Crippen molar-refractivity contribution >= 4 is 33.7 Å². The van der Waals surface area contributed by atoms with Crippen molar-refractivity contribution in [3.8, 4) is 0 Å². The lowest BCUT2D eigenvalue weighted by Crippen LogP contribution is -2.38. The van der Waals surface area contributed by atoms with Gasteiger partial charge >= 0.3 is 5.97 Å². The summed E-state index contributed by atoms with van der Waals surface area (Å²) in [5.41, 5.74) is 0.437. The minimum Gasteiger partial charge on any atom is -0.454 e. The number of nitrogens with zero attached hydrogens (tertiary/aromatic N) is 1. The van der Waals surface area contributed by atoms with Crippen molar-refractivity contribution in [2.75, 3.05) is 26.2 Å². The first-order valence-corrected chi connectivity index (χ1v) is 9.33. The Hall–Kier alpha value is -1.89. The van der Waals surface area contributed by atoms with Crippen molar-refractivity contribution < 1.29 is 19.1 Å². The van der Waals surface area contributed by atoms with Crippen molar-refractivity contribution in [1.29, 1.82) is 0 Å². The molecule has 0 saturated carbocycles. The number of rotatable bonds is 5. The Bertz CT molecular complexity index is 613. The molecule has 1 fully saturated rings. The zero-order valence-electron chi connectivity index (χ0n) is 14.1. The predicted molar refractivity (Wildman–Crippen MR) is 97.1 cm³/mol. The van der Waals surface area contributed by atoms with E-state index >= 15 is 0 Å². The standard InChI is InChI=1S/C18H23BrN2O4/c19-15-9-5-4-8-14(15)18(24)20-12-17(23)25-13-16(22)21-10-6-2-1-3-7-11-21/h4-5,8-9H,1-3,6-7,10-13H2,(H,20,24). The Balaban J connectivity index is 1.72. The van der Waals surface area contributed by atoms with Gasteiger partial charge in [0.25, 0.3) is 11.8 Å². The number of hydrogen-bond donors (Lipinski definition) is 1. The van der Waals surface area contributed by atoms with Gasteiger partial charge in [-0.3, -0.25) is 14.4 Å². The second-order valence-electron chi connectivity index (χ2n) is 5.97. The first kappa shape index (κ1) is 19.4. The number of carbonyl (C=O) groups is 3. The number of amides is 2. The molecule has 0 atom stereocenters. The zero-order chi connectivity index (χ0) is 18.1. The highest BCUT2D eigenvalue weighted by molar-refractivity contribution is 9.10. The predicted octanol–water partition coefficient (Wildman–Crippen LogP) is 2.51. The molecule has 0 aliphatic carbocycles. The summed E-state index contributed by atoms with van der Waals surface area (Å²) in [4.78, 5) is 37.6. The third-order valence-electron chi connectivity index (χ3n) is 4.08. The monoisotopic (exact) mass is 410 g/mol. The van der Waals surface area contributed by atoms with Crippen LogP contribution in [0.2, 0.25) is 0 Å². The molecule has 1 aromatic rings. The molecule has 25 heavy (non-hydrogen) atoms. The van der Waals surface area contributed by atoms with E-state index in [4.69, 9.17) is 4.74 Å². The van der Waals surface area contributed by atoms with Crippen LogP contribution in [-0.2, 0) is 14.3 Å². The molecule has 1 aliphatic rings. The number of esters is 1. The highest BCUT2D eigenvalue weighted by Crippen LogP contribution is 2.15. The van der Waals surface area contributed by atoms with E-state index in [-0.39, 0.29) is 25.0 Å². The normalized spacial score (nSPS) is 15.0. The van der Waals surface area contributed by atoms with Gasteiger partial charge in [0.05, 0.1) is 5.56 Å². The summed E-state index contributed by atoms with van der Waals surface area (Å²) in [6, 6.07) is 6.93. The maximum atomic E-state index is 12.1. The third-order valence-corrected chi connectivity index (χ3v) is 4.77. The summed E-state index contributed by atoms with van der Waals surface area (Å²) in [5, 5.41) is 2.49. The topological polar surface area (TPSA) is 75.7 Å². The van der Waals surface area contributed by atoms with E-state index in [1.165, 1.54) is 6.42 Å². The van der Waals surface area contributed by atoms with Gasteiger partial charge in [0.15, 0.2) is 6.61 Å². The maximum Gasteiger partial charge on any atom is 0.325 e. The summed E-state index contributed by atoms with van der Waals surface area (Å²) in [5.74, 6) is -1.17. The largest absolute Gasteiger partial charge is 0.454 e. The van der Waals surface area contributed by atoms with Gasteiger partial charge in [0.2, 0.25) is 0 Å². The second-order valence-corrected chi connectivity index (χ2v) is 6.83. The van der Waals surface area contributed by atoms with Gasteiger partial charge in [0, 0.05) is 17.6 Å². The first-order valence-electron chi connectivity index (χ1n) is 8.54. The molecule has 0 radical (unpaired) electrons. The number of hydrogen-bond acceptors (Lipinski definition) is 4. The van der Waals surface area contributed by atoms with Crippen molar-refractivity contribution in [2.45, 2.75) is 32.1 Å². The number of halogens is 1. The van der Waals surface area contributed by atoms with Crippen LogP contribution in [0.3, 0.4) is 0 Å². The Morgan fingerprint density at radius 2 is 1.68 bits per heavy atom. The van der Waals surface area contributed by atoms with Crippen LogP contribution in [0, 0.1) is 0 Å². The Kier molecular flexibility index (Phi) is 7.91. The number of nitrogens with one attached hydrogen (secondary N) is 1. The SMILES string of the molecule is O=C(CNC(=O)c1ccccc1Br)OCC(=O)N1CCCCCCC1. The average molecular weight is 411 g/mol.